The Morgan fingerprint density at radius 2 is 1.94 bits per heavy atom. The summed E-state index contributed by atoms with van der Waals surface area (Å²) in [7, 11) is 2.98. The smallest absolute Gasteiger partial charge is 0.331 e. The van der Waals surface area contributed by atoms with Crippen molar-refractivity contribution in [1.82, 2.24) is 5.16 Å². The molecule has 0 spiro atoms. The average Bonchev–Trinajstić information content (AvgIpc) is 3.41. The van der Waals surface area contributed by atoms with E-state index in [0.717, 1.165) is 0 Å². The molecule has 0 atom stereocenters. The molecule has 0 radical (unpaired) electrons. The van der Waals surface area contributed by atoms with Crippen LogP contribution in [-0.2, 0) is 11.2 Å². The number of aliphatic carboxylic acids is 1. The Kier molecular flexibility index (Phi) is 5.40. The number of carboxylic acids is 1. The summed E-state index contributed by atoms with van der Waals surface area (Å²) in [5, 5.41) is 24.0. The third-order valence-electron chi connectivity index (χ3n) is 4.82. The number of carbonyl (C=O) groups is 1. The van der Waals surface area contributed by atoms with Gasteiger partial charge in [-0.05, 0) is 24.3 Å². The highest BCUT2D eigenvalue weighted by Gasteiger charge is 2.21. The number of ether oxygens (including phenoxy) is 4. The number of fused-ring (bicyclic) bond motifs is 1. The summed E-state index contributed by atoms with van der Waals surface area (Å²) in [6, 6.07) is 8.07. The molecule has 0 amide bonds. The Morgan fingerprint density at radius 1 is 1.16 bits per heavy atom. The van der Waals surface area contributed by atoms with E-state index >= 15 is 0 Å². The molecule has 0 aliphatic carbocycles. The molecule has 2 heterocycles. The van der Waals surface area contributed by atoms with Crippen molar-refractivity contribution in [2.24, 2.45) is 0 Å². The quantitative estimate of drug-likeness (QED) is 0.548. The number of methoxy groups -OCH3 is 2. The second kappa shape index (κ2) is 8.31. The molecular formula is C22H19NO8. The van der Waals surface area contributed by atoms with Crippen LogP contribution in [0.25, 0.3) is 17.3 Å². The van der Waals surface area contributed by atoms with Crippen LogP contribution in [0.5, 0.6) is 28.7 Å². The summed E-state index contributed by atoms with van der Waals surface area (Å²) in [4.78, 5) is 12.0. The SMILES string of the molecule is COc1ccc(-c2nocc2/C=C(\Cc2cc3c(cc2OC)OCO3)C(=O)O)c(O)c1. The van der Waals surface area contributed by atoms with Gasteiger partial charge in [-0.15, -0.1) is 0 Å². The molecule has 2 aromatic carbocycles. The molecule has 0 fully saturated rings. The Balaban J connectivity index is 1.71. The van der Waals surface area contributed by atoms with Gasteiger partial charge in [0, 0.05) is 40.8 Å². The van der Waals surface area contributed by atoms with Gasteiger partial charge in [0.05, 0.1) is 14.2 Å². The molecule has 9 nitrogen and oxygen atoms in total. The normalized spacial score (nSPS) is 12.6. The number of rotatable bonds is 7. The number of benzene rings is 2. The summed E-state index contributed by atoms with van der Waals surface area (Å²) in [6.45, 7) is 0.0962. The van der Waals surface area contributed by atoms with Gasteiger partial charge >= 0.3 is 5.97 Å². The Hall–Kier alpha value is -4.14. The number of carboxylic acid groups (broad SMARTS) is 1. The summed E-state index contributed by atoms with van der Waals surface area (Å²) in [5.41, 5.74) is 1.76. The van der Waals surface area contributed by atoms with Crippen LogP contribution in [-0.4, -0.2) is 42.4 Å². The second-order valence-electron chi connectivity index (χ2n) is 6.67. The van der Waals surface area contributed by atoms with E-state index in [1.807, 2.05) is 0 Å². The van der Waals surface area contributed by atoms with Crippen molar-refractivity contribution >= 4 is 12.0 Å². The largest absolute Gasteiger partial charge is 0.507 e. The van der Waals surface area contributed by atoms with Crippen LogP contribution in [0.2, 0.25) is 0 Å². The predicted molar refractivity (Wildman–Crippen MR) is 109 cm³/mol. The molecule has 160 valence electrons. The van der Waals surface area contributed by atoms with E-state index in [1.165, 1.54) is 32.6 Å². The number of aromatic nitrogens is 1. The molecule has 1 aliphatic rings. The van der Waals surface area contributed by atoms with E-state index in [2.05, 4.69) is 5.16 Å². The van der Waals surface area contributed by atoms with Gasteiger partial charge in [0.2, 0.25) is 6.79 Å². The zero-order valence-corrected chi connectivity index (χ0v) is 16.7. The van der Waals surface area contributed by atoms with Gasteiger partial charge in [-0.3, -0.25) is 0 Å². The predicted octanol–water partition coefficient (Wildman–Crippen LogP) is 3.50. The lowest BCUT2D eigenvalue weighted by Crippen LogP contribution is -2.05. The lowest BCUT2D eigenvalue weighted by Gasteiger charge is -2.10. The molecule has 0 saturated heterocycles. The molecule has 2 N–H and O–H groups in total. The van der Waals surface area contributed by atoms with Gasteiger partial charge < -0.3 is 33.7 Å². The Morgan fingerprint density at radius 3 is 2.61 bits per heavy atom. The van der Waals surface area contributed by atoms with Gasteiger partial charge in [-0.25, -0.2) is 4.79 Å². The molecule has 1 aromatic heterocycles. The minimum absolute atomic E-state index is 0.0500. The van der Waals surface area contributed by atoms with Crippen LogP contribution in [0, 0.1) is 0 Å². The number of nitrogens with zero attached hydrogens (tertiary/aromatic N) is 1. The third kappa shape index (κ3) is 3.97. The fourth-order valence-corrected chi connectivity index (χ4v) is 3.26. The molecule has 0 bridgehead atoms. The first-order valence-corrected chi connectivity index (χ1v) is 9.22. The molecule has 31 heavy (non-hydrogen) atoms. The van der Waals surface area contributed by atoms with E-state index < -0.39 is 5.97 Å². The van der Waals surface area contributed by atoms with Crippen molar-refractivity contribution < 1.29 is 38.5 Å². The van der Waals surface area contributed by atoms with Gasteiger partial charge in [0.25, 0.3) is 0 Å². The minimum atomic E-state index is -1.12. The number of hydrogen-bond donors (Lipinski definition) is 2. The number of aromatic hydroxyl groups is 1. The van der Waals surface area contributed by atoms with Gasteiger partial charge in [-0.1, -0.05) is 5.16 Å². The van der Waals surface area contributed by atoms with Crippen molar-refractivity contribution in [2.75, 3.05) is 21.0 Å². The number of hydrogen-bond acceptors (Lipinski definition) is 8. The van der Waals surface area contributed by atoms with Crippen molar-refractivity contribution in [3.8, 4) is 40.0 Å². The minimum Gasteiger partial charge on any atom is -0.507 e. The zero-order valence-electron chi connectivity index (χ0n) is 16.7. The van der Waals surface area contributed by atoms with Crippen molar-refractivity contribution in [3.63, 3.8) is 0 Å². The molecule has 1 aliphatic heterocycles. The lowest BCUT2D eigenvalue weighted by atomic mass is 9.99. The maximum Gasteiger partial charge on any atom is 0.331 e. The van der Waals surface area contributed by atoms with E-state index in [-0.39, 0.29) is 24.5 Å². The summed E-state index contributed by atoms with van der Waals surface area (Å²) in [6.07, 6.45) is 2.81. The van der Waals surface area contributed by atoms with E-state index in [4.69, 9.17) is 23.5 Å². The van der Waals surface area contributed by atoms with Crippen molar-refractivity contribution in [1.29, 1.82) is 0 Å². The monoisotopic (exact) mass is 425 g/mol. The second-order valence-corrected chi connectivity index (χ2v) is 6.67. The molecule has 3 aromatic rings. The van der Waals surface area contributed by atoms with Crippen molar-refractivity contribution in [2.45, 2.75) is 6.42 Å². The van der Waals surface area contributed by atoms with E-state index in [1.54, 1.807) is 24.3 Å². The highest BCUT2D eigenvalue weighted by molar-refractivity contribution is 5.94. The summed E-state index contributed by atoms with van der Waals surface area (Å²) in [5.74, 6) is 0.827. The molecule has 4 rings (SSSR count). The van der Waals surface area contributed by atoms with Crippen molar-refractivity contribution in [3.05, 3.63) is 53.3 Å². The van der Waals surface area contributed by atoms with Crippen LogP contribution in [0.15, 0.2) is 46.7 Å². The fourth-order valence-electron chi connectivity index (χ4n) is 3.26. The van der Waals surface area contributed by atoms with Gasteiger partial charge in [0.1, 0.15) is 29.2 Å². The van der Waals surface area contributed by atoms with Crippen LogP contribution < -0.4 is 18.9 Å². The maximum atomic E-state index is 12.0. The Labute approximate surface area is 177 Å². The number of phenolic OH excluding ortho intramolecular Hbond substituents is 1. The standard InChI is InChI=1S/C22H19NO8/c1-27-15-3-4-16(17(24)8-15)21-14(10-31-23-21)6-13(22(25)26)5-12-7-19-20(30-11-29-19)9-18(12)28-2/h3-4,6-10,24H,5,11H2,1-2H3,(H,25,26)/b13-6+. The highest BCUT2D eigenvalue weighted by atomic mass is 16.7. The number of phenols is 1. The first-order valence-electron chi connectivity index (χ1n) is 9.22. The first-order chi connectivity index (χ1) is 15.0. The average molecular weight is 425 g/mol. The van der Waals surface area contributed by atoms with E-state index in [9.17, 15) is 15.0 Å². The summed E-state index contributed by atoms with van der Waals surface area (Å²) < 4.78 is 26.3. The van der Waals surface area contributed by atoms with Gasteiger partial charge in [-0.2, -0.15) is 0 Å². The zero-order chi connectivity index (χ0) is 22.0. The van der Waals surface area contributed by atoms with Gasteiger partial charge in [0.15, 0.2) is 11.5 Å². The van der Waals surface area contributed by atoms with Crippen LogP contribution in [0.4, 0.5) is 0 Å². The molecular weight excluding hydrogens is 406 g/mol. The third-order valence-corrected chi connectivity index (χ3v) is 4.82. The summed E-state index contributed by atoms with van der Waals surface area (Å²) >= 11 is 0. The molecule has 0 saturated carbocycles. The lowest BCUT2D eigenvalue weighted by molar-refractivity contribution is -0.132. The maximum absolute atomic E-state index is 12.0. The fraction of sp³-hybridized carbons (Fsp3) is 0.182. The first kappa shape index (κ1) is 20.1. The molecule has 9 heteroatoms. The molecule has 0 unspecified atom stereocenters. The topological polar surface area (TPSA) is 120 Å². The van der Waals surface area contributed by atoms with Crippen LogP contribution >= 0.6 is 0 Å². The van der Waals surface area contributed by atoms with E-state index in [0.29, 0.717) is 45.4 Å². The van der Waals surface area contributed by atoms with Crippen LogP contribution in [0.3, 0.4) is 0 Å². The Bertz CT molecular complexity index is 1160. The highest BCUT2D eigenvalue weighted by Crippen LogP contribution is 2.39. The van der Waals surface area contributed by atoms with Crippen LogP contribution in [0.1, 0.15) is 11.1 Å².